The molecule has 0 radical (unpaired) electrons. The van der Waals surface area contributed by atoms with Gasteiger partial charge in [-0.1, -0.05) is 18.2 Å². The predicted octanol–water partition coefficient (Wildman–Crippen LogP) is 3.72. The number of hydrogen-bond donors (Lipinski definition) is 0. The lowest BCUT2D eigenvalue weighted by Crippen LogP contribution is -2.46. The van der Waals surface area contributed by atoms with E-state index >= 15 is 0 Å². The second kappa shape index (κ2) is 7.00. The Kier molecular flexibility index (Phi) is 5.37. The molecule has 1 aromatic rings. The third kappa shape index (κ3) is 3.20. The van der Waals surface area contributed by atoms with Crippen LogP contribution in [-0.2, 0) is 25.2 Å². The van der Waals surface area contributed by atoms with Crippen molar-refractivity contribution < 1.29 is 32.2 Å². The van der Waals surface area contributed by atoms with Gasteiger partial charge in [0.05, 0.1) is 18.8 Å². The van der Waals surface area contributed by atoms with E-state index in [1.165, 1.54) is 25.1 Å². The van der Waals surface area contributed by atoms with Crippen molar-refractivity contribution in [3.05, 3.63) is 48.0 Å². The standard InChI is InChI=1S/C18H19F3O4/c1-4-13-10-25-15(17(13,11(3)22)16(23)24-5-2)12-6-8-14(9-7-12)18(19,20)21/h4,6-9,13,15H,1,5,10H2,2-3H3. The number of benzene rings is 1. The molecule has 1 fully saturated rings. The molecule has 0 saturated carbocycles. The Bertz CT molecular complexity index is 666. The van der Waals surface area contributed by atoms with Gasteiger partial charge in [-0.05, 0) is 31.5 Å². The molecule has 0 N–H and O–H groups in total. The number of ether oxygens (including phenoxy) is 2. The molecule has 7 heteroatoms. The van der Waals surface area contributed by atoms with Crippen LogP contribution >= 0.6 is 0 Å². The number of Topliss-reactive ketones (excluding diaryl/α,β-unsaturated/α-hetero) is 1. The fourth-order valence-electron chi connectivity index (χ4n) is 3.22. The van der Waals surface area contributed by atoms with Crippen LogP contribution in [0.2, 0.25) is 0 Å². The number of esters is 1. The molecule has 0 aromatic heterocycles. The zero-order valence-corrected chi connectivity index (χ0v) is 13.9. The average molecular weight is 356 g/mol. The second-order valence-corrected chi connectivity index (χ2v) is 5.82. The third-order valence-corrected chi connectivity index (χ3v) is 4.46. The lowest BCUT2D eigenvalue weighted by molar-refractivity contribution is -0.165. The topological polar surface area (TPSA) is 52.6 Å². The lowest BCUT2D eigenvalue weighted by Gasteiger charge is -2.32. The number of carbonyl (C=O) groups is 2. The minimum absolute atomic E-state index is 0.0492. The van der Waals surface area contributed by atoms with Crippen LogP contribution in [0.15, 0.2) is 36.9 Å². The molecule has 0 aliphatic carbocycles. The molecule has 136 valence electrons. The highest BCUT2D eigenvalue weighted by atomic mass is 19.4. The van der Waals surface area contributed by atoms with Crippen molar-refractivity contribution in [2.75, 3.05) is 13.2 Å². The highest BCUT2D eigenvalue weighted by Gasteiger charge is 2.61. The van der Waals surface area contributed by atoms with Crippen molar-refractivity contribution in [2.24, 2.45) is 11.3 Å². The zero-order valence-electron chi connectivity index (χ0n) is 13.9. The van der Waals surface area contributed by atoms with Gasteiger partial charge in [0.25, 0.3) is 0 Å². The van der Waals surface area contributed by atoms with E-state index < -0.39 is 40.9 Å². The zero-order chi connectivity index (χ0) is 18.8. The first kappa shape index (κ1) is 19.2. The van der Waals surface area contributed by atoms with Gasteiger partial charge in [0.15, 0.2) is 11.2 Å². The summed E-state index contributed by atoms with van der Waals surface area (Å²) in [5.41, 5.74) is -2.17. The molecule has 25 heavy (non-hydrogen) atoms. The molecule has 0 amide bonds. The molecule has 1 aliphatic heterocycles. The van der Waals surface area contributed by atoms with Crippen LogP contribution in [0.4, 0.5) is 13.2 Å². The van der Waals surface area contributed by atoms with Gasteiger partial charge in [-0.3, -0.25) is 9.59 Å². The molecule has 1 saturated heterocycles. The number of ketones is 1. The van der Waals surface area contributed by atoms with E-state index in [9.17, 15) is 22.8 Å². The highest BCUT2D eigenvalue weighted by Crippen LogP contribution is 2.51. The summed E-state index contributed by atoms with van der Waals surface area (Å²) in [5, 5.41) is 0. The van der Waals surface area contributed by atoms with Crippen LogP contribution < -0.4 is 0 Å². The van der Waals surface area contributed by atoms with E-state index in [2.05, 4.69) is 6.58 Å². The van der Waals surface area contributed by atoms with E-state index in [0.29, 0.717) is 5.56 Å². The monoisotopic (exact) mass is 356 g/mol. The van der Waals surface area contributed by atoms with Crippen molar-refractivity contribution in [1.82, 2.24) is 0 Å². The average Bonchev–Trinajstić information content (AvgIpc) is 2.94. The third-order valence-electron chi connectivity index (χ3n) is 4.46. The number of alkyl halides is 3. The fourth-order valence-corrected chi connectivity index (χ4v) is 3.22. The minimum Gasteiger partial charge on any atom is -0.465 e. The van der Waals surface area contributed by atoms with Gasteiger partial charge in [0.1, 0.15) is 6.10 Å². The van der Waals surface area contributed by atoms with Crippen molar-refractivity contribution in [2.45, 2.75) is 26.1 Å². The van der Waals surface area contributed by atoms with E-state index in [-0.39, 0.29) is 13.2 Å². The van der Waals surface area contributed by atoms with Crippen molar-refractivity contribution in [3.8, 4) is 0 Å². The number of carbonyl (C=O) groups excluding carboxylic acids is 2. The Morgan fingerprint density at radius 3 is 2.40 bits per heavy atom. The quantitative estimate of drug-likeness (QED) is 0.458. The lowest BCUT2D eigenvalue weighted by atomic mass is 9.68. The van der Waals surface area contributed by atoms with Gasteiger partial charge in [0.2, 0.25) is 0 Å². The molecule has 4 nitrogen and oxygen atoms in total. The summed E-state index contributed by atoms with van der Waals surface area (Å²) >= 11 is 0. The van der Waals surface area contributed by atoms with Gasteiger partial charge in [-0.15, -0.1) is 6.58 Å². The van der Waals surface area contributed by atoms with Crippen molar-refractivity contribution in [3.63, 3.8) is 0 Å². The van der Waals surface area contributed by atoms with Gasteiger partial charge >= 0.3 is 12.1 Å². The molecular formula is C18H19F3O4. The summed E-state index contributed by atoms with van der Waals surface area (Å²) in [7, 11) is 0. The van der Waals surface area contributed by atoms with Crippen LogP contribution in [-0.4, -0.2) is 25.0 Å². The molecule has 3 unspecified atom stereocenters. The maximum absolute atomic E-state index is 12.7. The Morgan fingerprint density at radius 1 is 1.36 bits per heavy atom. The highest BCUT2D eigenvalue weighted by molar-refractivity contribution is 6.04. The molecule has 2 rings (SSSR count). The van der Waals surface area contributed by atoms with Crippen LogP contribution in [0.25, 0.3) is 0 Å². The normalized spacial score (nSPS) is 26.3. The fraction of sp³-hybridized carbons (Fsp3) is 0.444. The number of rotatable bonds is 5. The first-order chi connectivity index (χ1) is 11.7. The molecule has 1 aromatic carbocycles. The van der Waals surface area contributed by atoms with E-state index in [1.807, 2.05) is 0 Å². The Labute approximate surface area is 143 Å². The molecule has 1 heterocycles. The van der Waals surface area contributed by atoms with Crippen LogP contribution in [0.5, 0.6) is 0 Å². The second-order valence-electron chi connectivity index (χ2n) is 5.82. The van der Waals surface area contributed by atoms with Crippen molar-refractivity contribution >= 4 is 11.8 Å². The SMILES string of the molecule is C=CC1COC(c2ccc(C(F)(F)F)cc2)C1(C(C)=O)C(=O)OCC. The number of hydrogen-bond acceptors (Lipinski definition) is 4. The van der Waals surface area contributed by atoms with Gasteiger partial charge in [-0.2, -0.15) is 13.2 Å². The van der Waals surface area contributed by atoms with Gasteiger partial charge in [-0.25, -0.2) is 0 Å². The Morgan fingerprint density at radius 2 is 1.96 bits per heavy atom. The summed E-state index contributed by atoms with van der Waals surface area (Å²) in [6.07, 6.45) is -4.06. The molecular weight excluding hydrogens is 337 g/mol. The minimum atomic E-state index is -4.47. The maximum atomic E-state index is 12.7. The predicted molar refractivity (Wildman–Crippen MR) is 83.6 cm³/mol. The Hall–Kier alpha value is -2.15. The first-order valence-corrected chi connectivity index (χ1v) is 7.79. The largest absolute Gasteiger partial charge is 0.465 e. The van der Waals surface area contributed by atoms with Gasteiger partial charge in [0, 0.05) is 5.92 Å². The van der Waals surface area contributed by atoms with Crippen LogP contribution in [0.1, 0.15) is 31.1 Å². The van der Waals surface area contributed by atoms with E-state index in [0.717, 1.165) is 12.1 Å². The van der Waals surface area contributed by atoms with Gasteiger partial charge < -0.3 is 9.47 Å². The smallest absolute Gasteiger partial charge is 0.416 e. The van der Waals surface area contributed by atoms with E-state index in [1.54, 1.807) is 6.92 Å². The molecule has 3 atom stereocenters. The Balaban J connectivity index is 2.52. The van der Waals surface area contributed by atoms with Crippen LogP contribution in [0, 0.1) is 11.3 Å². The van der Waals surface area contributed by atoms with Crippen molar-refractivity contribution in [1.29, 1.82) is 0 Å². The maximum Gasteiger partial charge on any atom is 0.416 e. The summed E-state index contributed by atoms with van der Waals surface area (Å²) in [5.74, 6) is -1.86. The summed E-state index contributed by atoms with van der Waals surface area (Å²) < 4.78 is 49.0. The molecule has 0 spiro atoms. The number of halogens is 3. The molecule has 0 bridgehead atoms. The molecule has 1 aliphatic rings. The summed E-state index contributed by atoms with van der Waals surface area (Å²) in [6, 6.07) is 4.23. The summed E-state index contributed by atoms with van der Waals surface area (Å²) in [6.45, 7) is 6.62. The first-order valence-electron chi connectivity index (χ1n) is 7.79. The summed E-state index contributed by atoms with van der Waals surface area (Å²) in [4.78, 5) is 25.1. The van der Waals surface area contributed by atoms with E-state index in [4.69, 9.17) is 9.47 Å². The van der Waals surface area contributed by atoms with Crippen LogP contribution in [0.3, 0.4) is 0 Å².